The molecule has 0 saturated carbocycles. The predicted octanol–water partition coefficient (Wildman–Crippen LogP) is 2.33. The van der Waals surface area contributed by atoms with Crippen LogP contribution in [0, 0.1) is 0 Å². The molecule has 1 aromatic rings. The van der Waals surface area contributed by atoms with Crippen LogP contribution in [0.25, 0.3) is 0 Å². The summed E-state index contributed by atoms with van der Waals surface area (Å²) in [4.78, 5) is 16.4. The third kappa shape index (κ3) is 4.93. The first-order valence-corrected chi connectivity index (χ1v) is 7.37. The summed E-state index contributed by atoms with van der Waals surface area (Å²) < 4.78 is 5.27. The number of likely N-dealkylation sites (N-methyl/N-ethyl adjacent to an activating group) is 1. The predicted molar refractivity (Wildman–Crippen MR) is 85.1 cm³/mol. The van der Waals surface area contributed by atoms with Crippen molar-refractivity contribution in [1.29, 1.82) is 0 Å². The number of nitrogens with zero attached hydrogens (tertiary/aromatic N) is 2. The number of carbonyl (C=O) groups excluding carboxylic acids is 1. The molecule has 1 amide bonds. The van der Waals surface area contributed by atoms with Crippen LogP contribution in [-0.4, -0.2) is 49.8 Å². The third-order valence-electron chi connectivity index (χ3n) is 3.39. The number of hydrogen-bond donors (Lipinski definition) is 1. The smallest absolute Gasteiger partial charge is 0.410 e. The highest BCUT2D eigenvalue weighted by molar-refractivity contribution is 5.71. The van der Waals surface area contributed by atoms with Crippen molar-refractivity contribution >= 4 is 11.8 Å². The number of hydrogen-bond acceptors (Lipinski definition) is 4. The monoisotopic (exact) mass is 291 g/mol. The van der Waals surface area contributed by atoms with E-state index in [1.807, 2.05) is 45.0 Å². The molecule has 1 aromatic carbocycles. The van der Waals surface area contributed by atoms with Crippen molar-refractivity contribution in [2.75, 3.05) is 38.1 Å². The van der Waals surface area contributed by atoms with Crippen LogP contribution in [-0.2, 0) is 0 Å². The van der Waals surface area contributed by atoms with E-state index in [1.165, 1.54) is 5.69 Å². The zero-order valence-electron chi connectivity index (χ0n) is 13.3. The number of nitrogens with one attached hydrogen (secondary N) is 1. The SMILES string of the molecule is CN1CCN(c2ccc(OC(=O)NC(C)(C)C)cc2)CC1. The molecule has 2 rings (SSSR count). The highest BCUT2D eigenvalue weighted by Crippen LogP contribution is 2.20. The lowest BCUT2D eigenvalue weighted by Gasteiger charge is -2.34. The van der Waals surface area contributed by atoms with Crippen LogP contribution >= 0.6 is 0 Å². The van der Waals surface area contributed by atoms with Crippen LogP contribution in [0.15, 0.2) is 24.3 Å². The summed E-state index contributed by atoms with van der Waals surface area (Å²) in [5.41, 5.74) is 0.878. The number of benzene rings is 1. The van der Waals surface area contributed by atoms with Crippen LogP contribution in [0.3, 0.4) is 0 Å². The van der Waals surface area contributed by atoms with E-state index in [4.69, 9.17) is 4.74 Å². The van der Waals surface area contributed by atoms with Crippen molar-refractivity contribution in [2.24, 2.45) is 0 Å². The topological polar surface area (TPSA) is 44.8 Å². The minimum atomic E-state index is -0.421. The molecule has 5 heteroatoms. The zero-order valence-corrected chi connectivity index (χ0v) is 13.3. The third-order valence-corrected chi connectivity index (χ3v) is 3.39. The van der Waals surface area contributed by atoms with E-state index in [9.17, 15) is 4.79 Å². The molecular weight excluding hydrogens is 266 g/mol. The Hall–Kier alpha value is -1.75. The first kappa shape index (κ1) is 15.6. The summed E-state index contributed by atoms with van der Waals surface area (Å²) in [6.07, 6.45) is -0.421. The largest absolute Gasteiger partial charge is 0.413 e. The van der Waals surface area contributed by atoms with Gasteiger partial charge in [0.1, 0.15) is 5.75 Å². The van der Waals surface area contributed by atoms with Gasteiger partial charge in [0.2, 0.25) is 0 Å². The van der Waals surface area contributed by atoms with Crippen LogP contribution < -0.4 is 15.0 Å². The normalized spacial score (nSPS) is 16.7. The van der Waals surface area contributed by atoms with Crippen LogP contribution in [0.2, 0.25) is 0 Å². The maximum Gasteiger partial charge on any atom is 0.413 e. The molecule has 0 aromatic heterocycles. The van der Waals surface area contributed by atoms with E-state index in [2.05, 4.69) is 22.2 Å². The fourth-order valence-electron chi connectivity index (χ4n) is 2.23. The molecule has 1 saturated heterocycles. The maximum absolute atomic E-state index is 11.7. The highest BCUT2D eigenvalue weighted by Gasteiger charge is 2.16. The molecule has 0 atom stereocenters. The van der Waals surface area contributed by atoms with E-state index in [-0.39, 0.29) is 5.54 Å². The van der Waals surface area contributed by atoms with E-state index in [1.54, 1.807) is 0 Å². The molecular formula is C16H25N3O2. The molecule has 0 spiro atoms. The Morgan fingerprint density at radius 3 is 2.19 bits per heavy atom. The fraction of sp³-hybridized carbons (Fsp3) is 0.562. The molecule has 1 N–H and O–H groups in total. The Balaban J connectivity index is 1.91. The Morgan fingerprint density at radius 1 is 1.10 bits per heavy atom. The Kier molecular flexibility index (Phi) is 4.73. The van der Waals surface area contributed by atoms with Gasteiger partial charge in [0.25, 0.3) is 0 Å². The lowest BCUT2D eigenvalue weighted by Crippen LogP contribution is -2.44. The van der Waals surface area contributed by atoms with Gasteiger partial charge in [-0.1, -0.05) is 0 Å². The van der Waals surface area contributed by atoms with Crippen LogP contribution in [0.5, 0.6) is 5.75 Å². The van der Waals surface area contributed by atoms with Crippen molar-refractivity contribution < 1.29 is 9.53 Å². The molecule has 0 aliphatic carbocycles. The van der Waals surface area contributed by atoms with Gasteiger partial charge in [-0.3, -0.25) is 0 Å². The second-order valence-corrected chi connectivity index (χ2v) is 6.55. The van der Waals surface area contributed by atoms with Gasteiger partial charge in [-0.2, -0.15) is 0 Å². The number of carbonyl (C=O) groups is 1. The van der Waals surface area contributed by atoms with Crippen molar-refractivity contribution in [3.8, 4) is 5.75 Å². The van der Waals surface area contributed by atoms with Crippen LogP contribution in [0.1, 0.15) is 20.8 Å². The summed E-state index contributed by atoms with van der Waals surface area (Å²) in [7, 11) is 2.14. The van der Waals surface area contributed by atoms with Gasteiger partial charge in [0, 0.05) is 37.4 Å². The molecule has 1 heterocycles. The number of ether oxygens (including phenoxy) is 1. The van der Waals surface area contributed by atoms with Crippen molar-refractivity contribution in [3.63, 3.8) is 0 Å². The van der Waals surface area contributed by atoms with Crippen molar-refractivity contribution in [2.45, 2.75) is 26.3 Å². The second-order valence-electron chi connectivity index (χ2n) is 6.55. The first-order chi connectivity index (χ1) is 9.83. The van der Waals surface area contributed by atoms with Gasteiger partial charge < -0.3 is 19.9 Å². The summed E-state index contributed by atoms with van der Waals surface area (Å²) in [5, 5.41) is 2.77. The van der Waals surface area contributed by atoms with Crippen LogP contribution in [0.4, 0.5) is 10.5 Å². The maximum atomic E-state index is 11.7. The summed E-state index contributed by atoms with van der Waals surface area (Å²) in [6, 6.07) is 7.70. The number of piperazine rings is 1. The quantitative estimate of drug-likeness (QED) is 0.908. The van der Waals surface area contributed by atoms with E-state index in [0.717, 1.165) is 26.2 Å². The molecule has 0 unspecified atom stereocenters. The Bertz CT molecular complexity index is 471. The standard InChI is InChI=1S/C16H25N3O2/c1-16(2,3)17-15(20)21-14-7-5-13(6-8-14)19-11-9-18(4)10-12-19/h5-8H,9-12H2,1-4H3,(H,17,20). The Labute approximate surface area is 126 Å². The van der Waals surface area contributed by atoms with E-state index >= 15 is 0 Å². The minimum Gasteiger partial charge on any atom is -0.410 e. The molecule has 116 valence electrons. The Morgan fingerprint density at radius 2 is 1.67 bits per heavy atom. The number of rotatable bonds is 2. The first-order valence-electron chi connectivity index (χ1n) is 7.37. The van der Waals surface area contributed by atoms with Gasteiger partial charge in [-0.15, -0.1) is 0 Å². The van der Waals surface area contributed by atoms with Gasteiger partial charge in [0.15, 0.2) is 0 Å². The van der Waals surface area contributed by atoms with Crippen molar-refractivity contribution in [1.82, 2.24) is 10.2 Å². The average Bonchev–Trinajstić information content (AvgIpc) is 2.38. The van der Waals surface area contributed by atoms with Gasteiger partial charge in [-0.05, 0) is 52.1 Å². The van der Waals surface area contributed by atoms with E-state index in [0.29, 0.717) is 5.75 Å². The minimum absolute atomic E-state index is 0.295. The average molecular weight is 291 g/mol. The lowest BCUT2D eigenvalue weighted by molar-refractivity contribution is 0.190. The fourth-order valence-corrected chi connectivity index (χ4v) is 2.23. The summed E-state index contributed by atoms with van der Waals surface area (Å²) in [5.74, 6) is 0.564. The number of anilines is 1. The second kappa shape index (κ2) is 6.35. The molecule has 21 heavy (non-hydrogen) atoms. The van der Waals surface area contributed by atoms with Crippen molar-refractivity contribution in [3.05, 3.63) is 24.3 Å². The molecule has 1 fully saturated rings. The summed E-state index contributed by atoms with van der Waals surface area (Å²) >= 11 is 0. The highest BCUT2D eigenvalue weighted by atomic mass is 16.6. The molecule has 1 aliphatic heterocycles. The van der Waals surface area contributed by atoms with Gasteiger partial charge in [-0.25, -0.2) is 4.79 Å². The van der Waals surface area contributed by atoms with E-state index < -0.39 is 6.09 Å². The lowest BCUT2D eigenvalue weighted by atomic mass is 10.1. The number of amides is 1. The van der Waals surface area contributed by atoms with Gasteiger partial charge >= 0.3 is 6.09 Å². The molecule has 1 aliphatic rings. The zero-order chi connectivity index (χ0) is 15.5. The summed E-state index contributed by atoms with van der Waals surface area (Å²) in [6.45, 7) is 9.97. The molecule has 0 radical (unpaired) electrons. The molecule has 0 bridgehead atoms. The van der Waals surface area contributed by atoms with Gasteiger partial charge in [0.05, 0.1) is 0 Å². The molecule has 5 nitrogen and oxygen atoms in total.